The highest BCUT2D eigenvalue weighted by atomic mass is 32.2. The van der Waals surface area contributed by atoms with Crippen molar-refractivity contribution in [3.8, 4) is 0 Å². The molecule has 1 heterocycles. The summed E-state index contributed by atoms with van der Waals surface area (Å²) in [6, 6.07) is 1.63. The molecule has 0 radical (unpaired) electrons. The standard InChI is InChI=1S/C11H17F3N2O2S2/c1-7(2)15-5-9-8(3)4-10(19-9)20(17,18)16-6-11(12,13)14/h4,7,15-16H,5-6H2,1-3H3. The summed E-state index contributed by atoms with van der Waals surface area (Å²) in [6.45, 7) is 4.56. The summed E-state index contributed by atoms with van der Waals surface area (Å²) in [6.07, 6.45) is -4.57. The maximum atomic E-state index is 12.1. The zero-order valence-electron chi connectivity index (χ0n) is 11.3. The summed E-state index contributed by atoms with van der Waals surface area (Å²) in [4.78, 5) is 0.797. The van der Waals surface area contributed by atoms with Crippen LogP contribution in [0.4, 0.5) is 13.2 Å². The first kappa shape index (κ1) is 17.4. The highest BCUT2D eigenvalue weighted by Gasteiger charge is 2.30. The third-order valence-corrected chi connectivity index (χ3v) is 5.51. The SMILES string of the molecule is Cc1cc(S(=O)(=O)NCC(F)(F)F)sc1CNC(C)C. The van der Waals surface area contributed by atoms with Crippen molar-refractivity contribution in [1.29, 1.82) is 0 Å². The highest BCUT2D eigenvalue weighted by molar-refractivity contribution is 7.91. The lowest BCUT2D eigenvalue weighted by Crippen LogP contribution is -2.33. The van der Waals surface area contributed by atoms with Gasteiger partial charge < -0.3 is 5.32 Å². The van der Waals surface area contributed by atoms with Crippen LogP contribution in [-0.2, 0) is 16.6 Å². The lowest BCUT2D eigenvalue weighted by molar-refractivity contribution is -0.121. The van der Waals surface area contributed by atoms with Crippen LogP contribution in [0.5, 0.6) is 0 Å². The van der Waals surface area contributed by atoms with Crippen molar-refractivity contribution in [1.82, 2.24) is 10.0 Å². The van der Waals surface area contributed by atoms with E-state index in [2.05, 4.69) is 5.32 Å². The Morgan fingerprint density at radius 1 is 1.35 bits per heavy atom. The first-order chi connectivity index (χ1) is 9.01. The molecule has 0 saturated carbocycles. The second kappa shape index (κ2) is 6.42. The van der Waals surface area contributed by atoms with Crippen molar-refractivity contribution in [3.05, 3.63) is 16.5 Å². The van der Waals surface area contributed by atoms with Crippen LogP contribution in [0.25, 0.3) is 0 Å². The predicted octanol–water partition coefficient (Wildman–Crippen LogP) is 2.40. The van der Waals surface area contributed by atoms with Gasteiger partial charge in [-0.1, -0.05) is 13.8 Å². The number of alkyl halides is 3. The summed E-state index contributed by atoms with van der Waals surface area (Å²) in [7, 11) is -4.11. The molecule has 1 aromatic heterocycles. The average molecular weight is 330 g/mol. The molecule has 1 aromatic rings. The molecule has 0 saturated heterocycles. The van der Waals surface area contributed by atoms with E-state index in [-0.39, 0.29) is 10.3 Å². The molecule has 0 bridgehead atoms. The van der Waals surface area contributed by atoms with E-state index in [0.29, 0.717) is 6.54 Å². The zero-order valence-corrected chi connectivity index (χ0v) is 13.0. The molecule has 0 atom stereocenters. The topological polar surface area (TPSA) is 58.2 Å². The van der Waals surface area contributed by atoms with Gasteiger partial charge in [-0.25, -0.2) is 13.1 Å². The van der Waals surface area contributed by atoms with Gasteiger partial charge in [0.05, 0.1) is 0 Å². The van der Waals surface area contributed by atoms with Crippen LogP contribution in [0.2, 0.25) is 0 Å². The van der Waals surface area contributed by atoms with Gasteiger partial charge in [0.2, 0.25) is 10.0 Å². The van der Waals surface area contributed by atoms with Gasteiger partial charge in [0.25, 0.3) is 0 Å². The van der Waals surface area contributed by atoms with Crippen LogP contribution in [0.15, 0.2) is 10.3 Å². The molecule has 2 N–H and O–H groups in total. The average Bonchev–Trinajstić information content (AvgIpc) is 2.65. The van der Waals surface area contributed by atoms with Gasteiger partial charge in [0.1, 0.15) is 10.8 Å². The van der Waals surface area contributed by atoms with Crippen LogP contribution < -0.4 is 10.0 Å². The number of sulfonamides is 1. The molecule has 0 spiro atoms. The van der Waals surface area contributed by atoms with Crippen molar-refractivity contribution in [2.45, 2.75) is 43.7 Å². The molecular weight excluding hydrogens is 313 g/mol. The Hall–Kier alpha value is -0.640. The molecule has 116 valence electrons. The van der Waals surface area contributed by atoms with Gasteiger partial charge in [-0.15, -0.1) is 11.3 Å². The van der Waals surface area contributed by atoms with E-state index < -0.39 is 22.7 Å². The summed E-state index contributed by atoms with van der Waals surface area (Å²) >= 11 is 0.979. The molecule has 0 aliphatic heterocycles. The number of hydrogen-bond acceptors (Lipinski definition) is 4. The molecule has 9 heteroatoms. The van der Waals surface area contributed by atoms with E-state index in [1.54, 1.807) is 11.6 Å². The summed E-state index contributed by atoms with van der Waals surface area (Å²) in [5, 5.41) is 3.14. The van der Waals surface area contributed by atoms with E-state index in [9.17, 15) is 21.6 Å². The van der Waals surface area contributed by atoms with Crippen molar-refractivity contribution in [2.24, 2.45) is 0 Å². The van der Waals surface area contributed by atoms with Gasteiger partial charge >= 0.3 is 6.18 Å². The van der Waals surface area contributed by atoms with E-state index in [1.807, 2.05) is 13.8 Å². The van der Waals surface area contributed by atoms with E-state index in [1.165, 1.54) is 6.07 Å². The molecule has 0 aliphatic carbocycles. The summed E-state index contributed by atoms with van der Waals surface area (Å²) in [5.41, 5.74) is 0.746. The van der Waals surface area contributed by atoms with Crippen LogP contribution in [-0.4, -0.2) is 27.2 Å². The van der Waals surface area contributed by atoms with Crippen molar-refractivity contribution in [2.75, 3.05) is 6.54 Å². The van der Waals surface area contributed by atoms with E-state index >= 15 is 0 Å². The molecule has 1 rings (SSSR count). The van der Waals surface area contributed by atoms with Crippen molar-refractivity contribution >= 4 is 21.4 Å². The summed E-state index contributed by atoms with van der Waals surface area (Å²) < 4.78 is 61.2. The second-order valence-electron chi connectivity index (χ2n) is 4.65. The third kappa shape index (κ3) is 5.39. The largest absolute Gasteiger partial charge is 0.402 e. The Balaban J connectivity index is 2.83. The second-order valence-corrected chi connectivity index (χ2v) is 7.78. The monoisotopic (exact) mass is 330 g/mol. The van der Waals surface area contributed by atoms with Gasteiger partial charge in [-0.05, 0) is 18.6 Å². The number of nitrogens with one attached hydrogen (secondary N) is 2. The van der Waals surface area contributed by atoms with E-state index in [0.717, 1.165) is 21.8 Å². The molecule has 4 nitrogen and oxygen atoms in total. The fraction of sp³-hybridized carbons (Fsp3) is 0.636. The van der Waals surface area contributed by atoms with Gasteiger partial charge in [-0.2, -0.15) is 13.2 Å². The Bertz CT molecular complexity index is 551. The molecule has 20 heavy (non-hydrogen) atoms. The number of hydrogen-bond donors (Lipinski definition) is 2. The maximum Gasteiger partial charge on any atom is 0.402 e. The maximum absolute atomic E-state index is 12.1. The van der Waals surface area contributed by atoms with Gasteiger partial charge in [0, 0.05) is 17.5 Å². The van der Waals surface area contributed by atoms with Crippen molar-refractivity contribution < 1.29 is 21.6 Å². The zero-order chi connectivity index (χ0) is 15.6. The molecule has 0 aliphatic rings. The summed E-state index contributed by atoms with van der Waals surface area (Å²) in [5.74, 6) is 0. The lowest BCUT2D eigenvalue weighted by atomic mass is 10.3. The number of aryl methyl sites for hydroxylation is 1. The number of rotatable bonds is 6. The Morgan fingerprint density at radius 2 is 1.95 bits per heavy atom. The Kier molecular flexibility index (Phi) is 5.59. The molecule has 0 aromatic carbocycles. The molecule has 0 unspecified atom stereocenters. The normalized spacial score (nSPS) is 13.2. The number of halogens is 3. The van der Waals surface area contributed by atoms with Crippen LogP contribution >= 0.6 is 11.3 Å². The predicted molar refractivity (Wildman–Crippen MR) is 72.3 cm³/mol. The Morgan fingerprint density at radius 3 is 2.45 bits per heavy atom. The van der Waals surface area contributed by atoms with Crippen LogP contribution in [0.1, 0.15) is 24.3 Å². The van der Waals surface area contributed by atoms with Gasteiger partial charge in [0.15, 0.2) is 0 Å². The molecular formula is C11H17F3N2O2S2. The molecule has 0 amide bonds. The fourth-order valence-electron chi connectivity index (χ4n) is 1.34. The van der Waals surface area contributed by atoms with Crippen molar-refractivity contribution in [3.63, 3.8) is 0 Å². The minimum absolute atomic E-state index is 0.0974. The minimum atomic E-state index is -4.57. The minimum Gasteiger partial charge on any atom is -0.310 e. The Labute approximate surface area is 120 Å². The highest BCUT2D eigenvalue weighted by Crippen LogP contribution is 2.26. The van der Waals surface area contributed by atoms with E-state index in [4.69, 9.17) is 0 Å². The first-order valence-corrected chi connectivity index (χ1v) is 8.20. The smallest absolute Gasteiger partial charge is 0.310 e. The number of thiophene rings is 1. The fourth-order valence-corrected chi connectivity index (χ4v) is 3.94. The third-order valence-electron chi connectivity index (χ3n) is 2.40. The van der Waals surface area contributed by atoms with Crippen LogP contribution in [0, 0.1) is 6.92 Å². The van der Waals surface area contributed by atoms with Gasteiger partial charge in [-0.3, -0.25) is 0 Å². The van der Waals surface area contributed by atoms with Crippen LogP contribution in [0.3, 0.4) is 0 Å². The molecule has 0 fully saturated rings. The quantitative estimate of drug-likeness (QED) is 0.842. The lowest BCUT2D eigenvalue weighted by Gasteiger charge is -2.08. The first-order valence-electron chi connectivity index (χ1n) is 5.90.